The Hall–Kier alpha value is -2.04. The van der Waals surface area contributed by atoms with Crippen molar-refractivity contribution in [1.82, 2.24) is 4.72 Å². The monoisotopic (exact) mass is 407 g/mol. The minimum Gasteiger partial charge on any atom is -0.438 e. The molecule has 6 heteroatoms. The first-order valence-electron chi connectivity index (χ1n) is 9.92. The van der Waals surface area contributed by atoms with Gasteiger partial charge in [-0.25, -0.2) is 17.9 Å². The first kappa shape index (κ1) is 24.0. The lowest BCUT2D eigenvalue weighted by Crippen LogP contribution is -2.38. The van der Waals surface area contributed by atoms with E-state index in [1.165, 1.54) is 37.8 Å². The second-order valence-electron chi connectivity index (χ2n) is 7.34. The van der Waals surface area contributed by atoms with Crippen molar-refractivity contribution in [3.8, 4) is 0 Å². The highest BCUT2D eigenvalue weighted by Gasteiger charge is 2.28. The quantitative estimate of drug-likeness (QED) is 0.359. The standard InChI is InChI=1S/C22H33NO4S/c1-5-7-8-9-10-11-12-18-22(4,17-6-2)27-21(24)23-28(25,26)20-15-13-19(3)14-16-20/h13-17H,2,5,7-12,18H2,1,3-4H3,(H,23,24). The zero-order chi connectivity index (χ0) is 21.0. The van der Waals surface area contributed by atoms with Gasteiger partial charge in [0.2, 0.25) is 0 Å². The maximum absolute atomic E-state index is 12.3. The summed E-state index contributed by atoms with van der Waals surface area (Å²) in [6, 6.07) is 6.24. The predicted octanol–water partition coefficient (Wildman–Crippen LogP) is 5.65. The number of rotatable bonds is 12. The van der Waals surface area contributed by atoms with Crippen molar-refractivity contribution in [2.24, 2.45) is 0 Å². The van der Waals surface area contributed by atoms with Crippen LogP contribution in [0.25, 0.3) is 0 Å². The summed E-state index contributed by atoms with van der Waals surface area (Å²) in [7, 11) is -3.98. The fourth-order valence-corrected chi connectivity index (χ4v) is 3.79. The number of carbonyl (C=O) groups excluding carboxylic acids is 1. The topological polar surface area (TPSA) is 72.5 Å². The van der Waals surface area contributed by atoms with Gasteiger partial charge in [-0.15, -0.1) is 5.73 Å². The maximum atomic E-state index is 12.3. The lowest BCUT2D eigenvalue weighted by molar-refractivity contribution is 0.0561. The second-order valence-corrected chi connectivity index (χ2v) is 9.02. The molecule has 0 aliphatic rings. The van der Waals surface area contributed by atoms with Gasteiger partial charge in [-0.05, 0) is 38.8 Å². The third-order valence-corrected chi connectivity index (χ3v) is 5.89. The van der Waals surface area contributed by atoms with E-state index in [0.29, 0.717) is 6.42 Å². The van der Waals surface area contributed by atoms with Crippen molar-refractivity contribution in [2.75, 3.05) is 0 Å². The van der Waals surface area contributed by atoms with Crippen LogP contribution in [0.15, 0.2) is 47.5 Å². The van der Waals surface area contributed by atoms with E-state index in [9.17, 15) is 13.2 Å². The van der Waals surface area contributed by atoms with E-state index in [2.05, 4.69) is 19.2 Å². The van der Waals surface area contributed by atoms with Gasteiger partial charge in [0.1, 0.15) is 5.60 Å². The summed E-state index contributed by atoms with van der Waals surface area (Å²) in [5, 5.41) is 0. The summed E-state index contributed by atoms with van der Waals surface area (Å²) < 4.78 is 32.1. The van der Waals surface area contributed by atoms with Gasteiger partial charge in [0.05, 0.1) is 4.90 Å². The number of hydrogen-bond donors (Lipinski definition) is 1. The minimum absolute atomic E-state index is 0.0168. The molecule has 0 aliphatic heterocycles. The first-order valence-corrected chi connectivity index (χ1v) is 11.4. The second kappa shape index (κ2) is 11.7. The minimum atomic E-state index is -3.98. The average Bonchev–Trinajstić information content (AvgIpc) is 2.61. The molecule has 1 rings (SSSR count). The molecular formula is C22H33NO4S. The Morgan fingerprint density at radius 3 is 2.29 bits per heavy atom. The number of amides is 1. The van der Waals surface area contributed by atoms with Gasteiger partial charge >= 0.3 is 6.09 Å². The van der Waals surface area contributed by atoms with Crippen molar-refractivity contribution < 1.29 is 17.9 Å². The van der Waals surface area contributed by atoms with Crippen LogP contribution in [0.1, 0.15) is 70.8 Å². The molecular weight excluding hydrogens is 374 g/mol. The molecule has 0 heterocycles. The third kappa shape index (κ3) is 8.77. The molecule has 28 heavy (non-hydrogen) atoms. The Morgan fingerprint density at radius 2 is 1.71 bits per heavy atom. The van der Waals surface area contributed by atoms with E-state index in [0.717, 1.165) is 24.8 Å². The highest BCUT2D eigenvalue weighted by Crippen LogP contribution is 2.22. The van der Waals surface area contributed by atoms with Gasteiger partial charge in [0.25, 0.3) is 10.0 Å². The SMILES string of the molecule is C=C=CC(C)(CCCCCCCCC)OC(=O)NS(=O)(=O)c1ccc(C)cc1. The Kier molecular flexibility index (Phi) is 10.0. The van der Waals surface area contributed by atoms with Crippen LogP contribution in [-0.2, 0) is 14.8 Å². The maximum Gasteiger partial charge on any atom is 0.422 e. The molecule has 1 aromatic carbocycles. The average molecular weight is 408 g/mol. The number of carbonyl (C=O) groups is 1. The van der Waals surface area contributed by atoms with Crippen LogP contribution in [0.3, 0.4) is 0 Å². The van der Waals surface area contributed by atoms with Crippen molar-refractivity contribution in [3.05, 3.63) is 48.2 Å². The van der Waals surface area contributed by atoms with Crippen LogP contribution in [0.4, 0.5) is 4.79 Å². The van der Waals surface area contributed by atoms with Gasteiger partial charge in [-0.2, -0.15) is 0 Å². The fraction of sp³-hybridized carbons (Fsp3) is 0.545. The normalized spacial score (nSPS) is 13.2. The molecule has 0 radical (unpaired) electrons. The Labute approximate surface area is 169 Å². The van der Waals surface area contributed by atoms with E-state index >= 15 is 0 Å². The third-order valence-electron chi connectivity index (χ3n) is 4.56. The van der Waals surface area contributed by atoms with Crippen molar-refractivity contribution in [3.63, 3.8) is 0 Å². The molecule has 1 amide bonds. The van der Waals surface area contributed by atoms with Crippen LogP contribution in [-0.4, -0.2) is 20.1 Å². The van der Waals surface area contributed by atoms with Crippen molar-refractivity contribution in [1.29, 1.82) is 0 Å². The molecule has 0 spiro atoms. The van der Waals surface area contributed by atoms with Gasteiger partial charge in [-0.3, -0.25) is 0 Å². The zero-order valence-corrected chi connectivity index (χ0v) is 18.1. The van der Waals surface area contributed by atoms with E-state index < -0.39 is 21.7 Å². The smallest absolute Gasteiger partial charge is 0.422 e. The largest absolute Gasteiger partial charge is 0.438 e. The van der Waals surface area contributed by atoms with Gasteiger partial charge in [-0.1, -0.05) is 69.7 Å². The van der Waals surface area contributed by atoms with Gasteiger partial charge < -0.3 is 4.74 Å². The predicted molar refractivity (Wildman–Crippen MR) is 113 cm³/mol. The summed E-state index contributed by atoms with van der Waals surface area (Å²) in [6.45, 7) is 9.33. The molecule has 5 nitrogen and oxygen atoms in total. The highest BCUT2D eigenvalue weighted by atomic mass is 32.2. The molecule has 1 aromatic rings. The Morgan fingerprint density at radius 1 is 1.14 bits per heavy atom. The summed E-state index contributed by atoms with van der Waals surface area (Å²) in [5.41, 5.74) is 2.64. The molecule has 0 aromatic heterocycles. The van der Waals surface area contributed by atoms with Gasteiger partial charge in [0, 0.05) is 6.08 Å². The molecule has 1 atom stereocenters. The van der Waals surface area contributed by atoms with Crippen molar-refractivity contribution >= 4 is 16.1 Å². The number of aryl methyl sites for hydroxylation is 1. The molecule has 0 saturated heterocycles. The highest BCUT2D eigenvalue weighted by molar-refractivity contribution is 7.90. The molecule has 0 fully saturated rings. The van der Waals surface area contributed by atoms with E-state index in [-0.39, 0.29) is 4.90 Å². The summed E-state index contributed by atoms with van der Waals surface area (Å²) in [6.07, 6.45) is 9.14. The molecule has 0 saturated carbocycles. The fourth-order valence-electron chi connectivity index (χ4n) is 2.92. The lowest BCUT2D eigenvalue weighted by atomic mass is 9.97. The zero-order valence-electron chi connectivity index (χ0n) is 17.3. The Balaban J connectivity index is 2.60. The van der Waals surface area contributed by atoms with Crippen LogP contribution < -0.4 is 4.72 Å². The van der Waals surface area contributed by atoms with Crippen molar-refractivity contribution in [2.45, 2.75) is 82.6 Å². The summed E-state index contributed by atoms with van der Waals surface area (Å²) in [5.74, 6) is 0. The van der Waals surface area contributed by atoms with Crippen LogP contribution in [0, 0.1) is 6.92 Å². The molecule has 0 bridgehead atoms. The van der Waals surface area contributed by atoms with Gasteiger partial charge in [0.15, 0.2) is 0 Å². The van der Waals surface area contributed by atoms with E-state index in [1.54, 1.807) is 25.1 Å². The molecule has 156 valence electrons. The first-order chi connectivity index (χ1) is 13.2. The number of sulfonamides is 1. The summed E-state index contributed by atoms with van der Waals surface area (Å²) >= 11 is 0. The number of benzene rings is 1. The summed E-state index contributed by atoms with van der Waals surface area (Å²) in [4.78, 5) is 12.2. The van der Waals surface area contributed by atoms with Crippen LogP contribution in [0.5, 0.6) is 0 Å². The molecule has 1 unspecified atom stereocenters. The molecule has 0 aliphatic carbocycles. The number of nitrogens with one attached hydrogen (secondary N) is 1. The van der Waals surface area contributed by atoms with Crippen LogP contribution >= 0.6 is 0 Å². The van der Waals surface area contributed by atoms with E-state index in [1.807, 2.05) is 11.6 Å². The lowest BCUT2D eigenvalue weighted by Gasteiger charge is -2.25. The number of ether oxygens (including phenoxy) is 1. The molecule has 1 N–H and O–H groups in total. The Bertz CT molecular complexity index is 764. The number of hydrogen-bond acceptors (Lipinski definition) is 4. The van der Waals surface area contributed by atoms with E-state index in [4.69, 9.17) is 4.74 Å². The number of unbranched alkanes of at least 4 members (excludes halogenated alkanes) is 6. The van der Waals surface area contributed by atoms with Crippen LogP contribution in [0.2, 0.25) is 0 Å².